The lowest BCUT2D eigenvalue weighted by molar-refractivity contribution is -0.142. The number of hydrogen-bond donors (Lipinski definition) is 1. The van der Waals surface area contributed by atoms with Gasteiger partial charge in [0.1, 0.15) is 11.8 Å². The maximum absolute atomic E-state index is 13.9. The molecule has 3 aromatic rings. The Kier molecular flexibility index (Phi) is 9.22. The molecule has 1 N–H and O–H groups in total. The number of carbonyl (C=O) groups is 4. The average molecular weight is 556 g/mol. The Hall–Kier alpha value is -4.46. The van der Waals surface area contributed by atoms with Crippen molar-refractivity contribution in [2.75, 3.05) is 13.7 Å². The molecule has 4 amide bonds. The quantitative estimate of drug-likeness (QED) is 0.348. The highest BCUT2D eigenvalue weighted by Gasteiger charge is 2.36. The van der Waals surface area contributed by atoms with Gasteiger partial charge in [-0.05, 0) is 62.6 Å². The van der Waals surface area contributed by atoms with E-state index in [0.717, 1.165) is 11.1 Å². The minimum atomic E-state index is -0.783. The van der Waals surface area contributed by atoms with Crippen LogP contribution >= 0.6 is 0 Å². The van der Waals surface area contributed by atoms with Gasteiger partial charge in [0.2, 0.25) is 11.8 Å². The van der Waals surface area contributed by atoms with Crippen molar-refractivity contribution in [3.05, 3.63) is 101 Å². The van der Waals surface area contributed by atoms with Gasteiger partial charge >= 0.3 is 0 Å². The zero-order chi connectivity index (χ0) is 29.6. The second-order valence-electron chi connectivity index (χ2n) is 11.2. The highest BCUT2D eigenvalue weighted by molar-refractivity contribution is 6.21. The molecule has 0 aliphatic carbocycles. The number of ether oxygens (including phenoxy) is 1. The minimum absolute atomic E-state index is 0.0610. The van der Waals surface area contributed by atoms with E-state index in [-0.39, 0.29) is 49.6 Å². The summed E-state index contributed by atoms with van der Waals surface area (Å²) >= 11 is 0. The van der Waals surface area contributed by atoms with Crippen molar-refractivity contribution in [3.8, 4) is 5.75 Å². The first-order valence-corrected chi connectivity index (χ1v) is 13.8. The van der Waals surface area contributed by atoms with Gasteiger partial charge in [-0.3, -0.25) is 24.1 Å². The molecule has 1 aliphatic heterocycles. The van der Waals surface area contributed by atoms with Crippen molar-refractivity contribution >= 4 is 23.6 Å². The summed E-state index contributed by atoms with van der Waals surface area (Å²) in [4.78, 5) is 56.0. The topological polar surface area (TPSA) is 96.0 Å². The van der Waals surface area contributed by atoms with Crippen LogP contribution in [-0.2, 0) is 22.6 Å². The van der Waals surface area contributed by atoms with Crippen LogP contribution < -0.4 is 10.1 Å². The number of nitrogens with one attached hydrogen (secondary N) is 1. The molecule has 4 rings (SSSR count). The van der Waals surface area contributed by atoms with Crippen LogP contribution in [0.15, 0.2) is 78.9 Å². The number of amides is 4. The highest BCUT2D eigenvalue weighted by Crippen LogP contribution is 2.24. The number of carbonyl (C=O) groups excluding carboxylic acids is 4. The zero-order valence-electron chi connectivity index (χ0n) is 24.1. The first-order chi connectivity index (χ1) is 19.6. The third-order valence-electron chi connectivity index (χ3n) is 6.91. The molecule has 0 radical (unpaired) electrons. The van der Waals surface area contributed by atoms with Crippen LogP contribution in [0.4, 0.5) is 0 Å². The largest absolute Gasteiger partial charge is 0.497 e. The third-order valence-corrected chi connectivity index (χ3v) is 6.91. The Morgan fingerprint density at radius 1 is 0.878 bits per heavy atom. The summed E-state index contributed by atoms with van der Waals surface area (Å²) in [6.45, 7) is 6.02. The van der Waals surface area contributed by atoms with E-state index in [9.17, 15) is 19.2 Å². The summed E-state index contributed by atoms with van der Waals surface area (Å²) in [6.07, 6.45) is 0.667. The number of rotatable bonds is 11. The van der Waals surface area contributed by atoms with Crippen LogP contribution in [0.25, 0.3) is 0 Å². The van der Waals surface area contributed by atoms with Crippen LogP contribution in [0.3, 0.4) is 0 Å². The molecule has 8 heteroatoms. The number of benzene rings is 3. The molecule has 0 fully saturated rings. The van der Waals surface area contributed by atoms with Gasteiger partial charge in [-0.15, -0.1) is 0 Å². The lowest BCUT2D eigenvalue weighted by Crippen LogP contribution is -2.54. The summed E-state index contributed by atoms with van der Waals surface area (Å²) in [7, 11) is 1.58. The van der Waals surface area contributed by atoms with Gasteiger partial charge in [0.15, 0.2) is 0 Å². The Balaban J connectivity index is 1.57. The van der Waals surface area contributed by atoms with Crippen LogP contribution in [0.2, 0.25) is 0 Å². The maximum atomic E-state index is 13.9. The number of imide groups is 1. The van der Waals surface area contributed by atoms with E-state index in [4.69, 9.17) is 4.74 Å². The smallest absolute Gasteiger partial charge is 0.261 e. The van der Waals surface area contributed by atoms with Crippen molar-refractivity contribution in [2.45, 2.75) is 58.2 Å². The maximum Gasteiger partial charge on any atom is 0.261 e. The van der Waals surface area contributed by atoms with Gasteiger partial charge < -0.3 is 15.0 Å². The first-order valence-electron chi connectivity index (χ1n) is 13.8. The number of hydrogen-bond acceptors (Lipinski definition) is 5. The SMILES string of the molecule is COc1cccc(CN(C(=O)CCCN2C(=O)c3ccccc3C2=O)[C@H](Cc2ccccc2)C(=O)NC(C)(C)C)c1. The van der Waals surface area contributed by atoms with Crippen LogP contribution in [0, 0.1) is 0 Å². The summed E-state index contributed by atoms with van der Waals surface area (Å²) < 4.78 is 5.38. The highest BCUT2D eigenvalue weighted by atomic mass is 16.5. The Bertz CT molecular complexity index is 1380. The second-order valence-corrected chi connectivity index (χ2v) is 11.2. The van der Waals surface area contributed by atoms with Crippen LogP contribution in [0.1, 0.15) is 65.5 Å². The predicted octanol–water partition coefficient (Wildman–Crippen LogP) is 4.63. The monoisotopic (exact) mass is 555 g/mol. The molecule has 1 atom stereocenters. The predicted molar refractivity (Wildman–Crippen MR) is 156 cm³/mol. The van der Waals surface area contributed by atoms with Crippen LogP contribution in [0.5, 0.6) is 5.75 Å². The van der Waals surface area contributed by atoms with E-state index in [1.54, 1.807) is 36.3 Å². The molecule has 8 nitrogen and oxygen atoms in total. The standard InChI is InChI=1S/C33H37N3O5/c1-33(2,3)34-30(38)28(21-23-12-6-5-7-13-23)36(22-24-14-10-15-25(20-24)41-4)29(37)18-11-19-35-31(39)26-16-8-9-17-27(26)32(35)40/h5-10,12-17,20,28H,11,18-19,21-22H2,1-4H3,(H,34,38)/t28-/m1/s1. The molecule has 41 heavy (non-hydrogen) atoms. The van der Waals surface area contributed by atoms with E-state index in [2.05, 4.69) is 5.32 Å². The number of fused-ring (bicyclic) bond motifs is 1. The van der Waals surface area contributed by atoms with Crippen molar-refractivity contribution in [2.24, 2.45) is 0 Å². The summed E-state index contributed by atoms with van der Waals surface area (Å²) in [5.74, 6) is -0.540. The van der Waals surface area contributed by atoms with Crippen molar-refractivity contribution in [1.29, 1.82) is 0 Å². The lowest BCUT2D eigenvalue weighted by Gasteiger charge is -2.34. The summed E-state index contributed by atoms with van der Waals surface area (Å²) in [5, 5.41) is 3.05. The fraction of sp³-hybridized carbons (Fsp3) is 0.333. The molecule has 0 aromatic heterocycles. The minimum Gasteiger partial charge on any atom is -0.497 e. The van der Waals surface area contributed by atoms with Gasteiger partial charge in [0, 0.05) is 31.5 Å². The fourth-order valence-corrected chi connectivity index (χ4v) is 4.95. The van der Waals surface area contributed by atoms with Gasteiger partial charge in [-0.25, -0.2) is 0 Å². The summed E-state index contributed by atoms with van der Waals surface area (Å²) in [6, 6.07) is 23.0. The molecule has 0 spiro atoms. The Morgan fingerprint density at radius 2 is 1.49 bits per heavy atom. The molecule has 0 saturated heterocycles. The van der Waals surface area contributed by atoms with Crippen molar-refractivity contribution in [1.82, 2.24) is 15.1 Å². The molecular formula is C33H37N3O5. The second kappa shape index (κ2) is 12.8. The molecule has 0 bridgehead atoms. The van der Waals surface area contributed by atoms with Crippen LogP contribution in [-0.4, -0.2) is 58.7 Å². The molecule has 1 heterocycles. The van der Waals surface area contributed by atoms with E-state index >= 15 is 0 Å². The fourth-order valence-electron chi connectivity index (χ4n) is 4.95. The van der Waals surface area contributed by atoms with E-state index in [1.165, 1.54) is 4.90 Å². The van der Waals surface area contributed by atoms with Gasteiger partial charge in [-0.2, -0.15) is 0 Å². The normalized spacial score (nSPS) is 13.5. The molecule has 214 valence electrons. The molecule has 3 aromatic carbocycles. The molecule has 0 saturated carbocycles. The van der Waals surface area contributed by atoms with Crippen molar-refractivity contribution < 1.29 is 23.9 Å². The third kappa shape index (κ3) is 7.39. The van der Waals surface area contributed by atoms with Gasteiger partial charge in [-0.1, -0.05) is 54.6 Å². The average Bonchev–Trinajstić information content (AvgIpc) is 3.19. The van der Waals surface area contributed by atoms with E-state index in [0.29, 0.717) is 23.3 Å². The van der Waals surface area contributed by atoms with Crippen molar-refractivity contribution in [3.63, 3.8) is 0 Å². The van der Waals surface area contributed by atoms with E-state index in [1.807, 2.05) is 75.4 Å². The molecular weight excluding hydrogens is 518 g/mol. The Labute approximate surface area is 241 Å². The number of nitrogens with zero attached hydrogens (tertiary/aromatic N) is 2. The number of methoxy groups -OCH3 is 1. The molecule has 1 aliphatic rings. The lowest BCUT2D eigenvalue weighted by atomic mass is 10.00. The zero-order valence-corrected chi connectivity index (χ0v) is 24.1. The van der Waals surface area contributed by atoms with Gasteiger partial charge in [0.25, 0.3) is 11.8 Å². The van der Waals surface area contributed by atoms with E-state index < -0.39 is 11.6 Å². The first kappa shape index (κ1) is 29.5. The summed E-state index contributed by atoms with van der Waals surface area (Å²) in [5.41, 5.74) is 2.01. The Morgan fingerprint density at radius 3 is 2.10 bits per heavy atom. The van der Waals surface area contributed by atoms with Gasteiger partial charge in [0.05, 0.1) is 18.2 Å². The molecule has 0 unspecified atom stereocenters.